The molecule has 2 aromatic rings. The van der Waals surface area contributed by atoms with Gasteiger partial charge in [-0.15, -0.1) is 11.8 Å². The summed E-state index contributed by atoms with van der Waals surface area (Å²) in [5, 5.41) is 2.33. The van der Waals surface area contributed by atoms with Crippen molar-refractivity contribution < 1.29 is 33.4 Å². The van der Waals surface area contributed by atoms with Crippen LogP contribution in [0.3, 0.4) is 0 Å². The minimum atomic E-state index is -0.632. The average molecular weight is 537 g/mol. The number of esters is 2. The fourth-order valence-corrected chi connectivity index (χ4v) is 7.11. The number of nitrogens with one attached hydrogen (secondary N) is 1. The molecular formula is C28H28N2O7S. The summed E-state index contributed by atoms with van der Waals surface area (Å²) in [6.45, 7) is 2.81. The van der Waals surface area contributed by atoms with Crippen LogP contribution >= 0.6 is 11.8 Å². The molecule has 1 saturated heterocycles. The van der Waals surface area contributed by atoms with Crippen LogP contribution in [0.2, 0.25) is 0 Å². The summed E-state index contributed by atoms with van der Waals surface area (Å²) < 4.78 is 16.2. The third kappa shape index (κ3) is 4.64. The van der Waals surface area contributed by atoms with Crippen molar-refractivity contribution in [2.24, 2.45) is 5.92 Å². The first-order valence-electron chi connectivity index (χ1n) is 12.3. The number of hydrogen-bond acceptors (Lipinski definition) is 8. The fourth-order valence-electron chi connectivity index (χ4n) is 5.20. The molecule has 1 unspecified atom stereocenters. The number of methoxy groups -OCH3 is 1. The van der Waals surface area contributed by atoms with Gasteiger partial charge in [-0.3, -0.25) is 19.3 Å². The molecule has 1 saturated carbocycles. The molecule has 5 rings (SSSR count). The number of hydrogen-bond donors (Lipinski definition) is 1. The molecule has 0 bridgehead atoms. The summed E-state index contributed by atoms with van der Waals surface area (Å²) in [7, 11) is 1.57. The summed E-state index contributed by atoms with van der Waals surface area (Å²) >= 11 is 1.55. The molecule has 198 valence electrons. The Morgan fingerprint density at radius 2 is 1.71 bits per heavy atom. The van der Waals surface area contributed by atoms with E-state index in [1.54, 1.807) is 43.1 Å². The summed E-state index contributed by atoms with van der Waals surface area (Å²) in [5.41, 5.74) is 2.43. The number of amides is 2. The molecule has 2 aromatic carbocycles. The van der Waals surface area contributed by atoms with Gasteiger partial charge in [-0.25, -0.2) is 4.79 Å². The Morgan fingerprint density at radius 1 is 1.00 bits per heavy atom. The lowest BCUT2D eigenvalue weighted by Gasteiger charge is -2.59. The number of thioether (sulfide) groups is 1. The molecule has 1 aliphatic carbocycles. The Labute approximate surface area is 224 Å². The number of nitrogens with zero attached hydrogens (tertiary/aromatic N) is 1. The standard InChI is InChI=1S/C28H28N2O7S/c1-15(31)29-23-20(14-36-16(2)32)25-22(23)24(28(34)37-13-17-9-11-19(35-3)12-10-17)30-26(33)21(27(30)38-25)18-7-5-4-6-8-18/h4-12,20-21,23,25,27H,13-14H2,1-3H3,(H,29,31)/t20-,21+,23?,25-,27+/m0/s1. The van der Waals surface area contributed by atoms with E-state index in [0.717, 1.165) is 11.1 Å². The molecular weight excluding hydrogens is 508 g/mol. The van der Waals surface area contributed by atoms with Crippen molar-refractivity contribution in [3.63, 3.8) is 0 Å². The summed E-state index contributed by atoms with van der Waals surface area (Å²) in [5.74, 6) is -1.52. The summed E-state index contributed by atoms with van der Waals surface area (Å²) in [6, 6.07) is 16.0. The van der Waals surface area contributed by atoms with Crippen LogP contribution < -0.4 is 10.1 Å². The van der Waals surface area contributed by atoms with Gasteiger partial charge in [0.05, 0.1) is 31.1 Å². The predicted octanol–water partition coefficient (Wildman–Crippen LogP) is 2.76. The molecule has 0 radical (unpaired) electrons. The van der Waals surface area contributed by atoms with Crippen LogP contribution in [0, 0.1) is 5.92 Å². The monoisotopic (exact) mass is 536 g/mol. The molecule has 10 heteroatoms. The molecule has 2 fully saturated rings. The molecule has 3 aliphatic rings. The van der Waals surface area contributed by atoms with Gasteiger partial charge in [-0.2, -0.15) is 0 Å². The van der Waals surface area contributed by atoms with E-state index in [1.807, 2.05) is 30.3 Å². The molecule has 0 spiro atoms. The first-order chi connectivity index (χ1) is 18.3. The van der Waals surface area contributed by atoms with Crippen molar-refractivity contribution in [3.05, 3.63) is 77.0 Å². The van der Waals surface area contributed by atoms with Gasteiger partial charge in [0.25, 0.3) is 0 Å². The number of ether oxygens (including phenoxy) is 3. The highest BCUT2D eigenvalue weighted by atomic mass is 32.2. The fraction of sp³-hybridized carbons (Fsp3) is 0.357. The molecule has 9 nitrogen and oxygen atoms in total. The predicted molar refractivity (Wildman–Crippen MR) is 139 cm³/mol. The summed E-state index contributed by atoms with van der Waals surface area (Å²) in [4.78, 5) is 52.1. The van der Waals surface area contributed by atoms with E-state index >= 15 is 0 Å². The van der Waals surface area contributed by atoms with Gasteiger partial charge in [0.15, 0.2) is 0 Å². The van der Waals surface area contributed by atoms with Gasteiger partial charge >= 0.3 is 11.9 Å². The maximum Gasteiger partial charge on any atom is 0.355 e. The van der Waals surface area contributed by atoms with Gasteiger partial charge in [0.1, 0.15) is 18.1 Å². The number of carbonyl (C=O) groups excluding carboxylic acids is 4. The van der Waals surface area contributed by atoms with Crippen LogP contribution in [0.5, 0.6) is 5.75 Å². The zero-order valence-corrected chi connectivity index (χ0v) is 22.0. The lowest BCUT2D eigenvalue weighted by molar-refractivity contribution is -0.152. The van der Waals surface area contributed by atoms with Crippen molar-refractivity contribution in [1.82, 2.24) is 10.2 Å². The maximum absolute atomic E-state index is 13.6. The highest BCUT2D eigenvalue weighted by Crippen LogP contribution is 2.58. The van der Waals surface area contributed by atoms with Crippen molar-refractivity contribution in [2.75, 3.05) is 13.7 Å². The van der Waals surface area contributed by atoms with Gasteiger partial charge in [0, 0.05) is 25.0 Å². The van der Waals surface area contributed by atoms with E-state index in [0.29, 0.717) is 11.3 Å². The molecule has 0 aromatic heterocycles. The lowest BCUT2D eigenvalue weighted by atomic mass is 9.71. The van der Waals surface area contributed by atoms with E-state index in [4.69, 9.17) is 14.2 Å². The third-order valence-electron chi connectivity index (χ3n) is 7.02. The van der Waals surface area contributed by atoms with Crippen molar-refractivity contribution in [3.8, 4) is 5.75 Å². The second-order valence-electron chi connectivity index (χ2n) is 9.42. The first kappa shape index (κ1) is 25.8. The zero-order valence-electron chi connectivity index (χ0n) is 21.2. The van der Waals surface area contributed by atoms with Gasteiger partial charge in [-0.1, -0.05) is 42.5 Å². The topological polar surface area (TPSA) is 111 Å². The maximum atomic E-state index is 13.6. The van der Waals surface area contributed by atoms with Crippen molar-refractivity contribution >= 4 is 35.5 Å². The number of carbonyl (C=O) groups is 4. The second-order valence-corrected chi connectivity index (χ2v) is 10.7. The SMILES string of the molecule is COc1ccc(COC(=O)C2=C3C(NC(C)=O)[C@H](COC(C)=O)[C@@H]3S[C@@H]3[C@H](c4ccccc4)C(=O)N23)cc1. The van der Waals surface area contributed by atoms with Gasteiger partial charge in [0.2, 0.25) is 11.8 Å². The Bertz CT molecular complexity index is 1290. The van der Waals surface area contributed by atoms with Gasteiger partial charge < -0.3 is 19.5 Å². The Balaban J connectivity index is 1.47. The highest BCUT2D eigenvalue weighted by Gasteiger charge is 2.63. The molecule has 38 heavy (non-hydrogen) atoms. The lowest BCUT2D eigenvalue weighted by Crippen LogP contribution is -2.68. The molecule has 2 aliphatic heterocycles. The highest BCUT2D eigenvalue weighted by molar-refractivity contribution is 8.01. The Morgan fingerprint density at radius 3 is 2.34 bits per heavy atom. The van der Waals surface area contributed by atoms with Crippen LogP contribution in [-0.4, -0.2) is 59.0 Å². The minimum Gasteiger partial charge on any atom is -0.497 e. The Kier molecular flexibility index (Phi) is 7.16. The van der Waals surface area contributed by atoms with E-state index < -0.39 is 23.9 Å². The molecule has 5 atom stereocenters. The van der Waals surface area contributed by atoms with E-state index in [2.05, 4.69) is 5.32 Å². The third-order valence-corrected chi connectivity index (χ3v) is 8.68. The van der Waals surface area contributed by atoms with E-state index in [1.165, 1.54) is 18.7 Å². The van der Waals surface area contributed by atoms with Crippen LogP contribution in [0.4, 0.5) is 0 Å². The molecule has 2 heterocycles. The van der Waals surface area contributed by atoms with Crippen LogP contribution in [0.1, 0.15) is 30.9 Å². The average Bonchev–Trinajstić information content (AvgIpc) is 2.90. The molecule has 1 N–H and O–H groups in total. The first-order valence-corrected chi connectivity index (χ1v) is 13.2. The van der Waals surface area contributed by atoms with Gasteiger partial charge in [-0.05, 0) is 28.8 Å². The van der Waals surface area contributed by atoms with Crippen molar-refractivity contribution in [1.29, 1.82) is 0 Å². The summed E-state index contributed by atoms with van der Waals surface area (Å²) in [6.07, 6.45) is 0. The van der Waals surface area contributed by atoms with Crippen molar-refractivity contribution in [2.45, 2.75) is 43.0 Å². The minimum absolute atomic E-state index is 0.00785. The smallest absolute Gasteiger partial charge is 0.355 e. The number of rotatable bonds is 8. The van der Waals surface area contributed by atoms with Crippen LogP contribution in [0.15, 0.2) is 65.9 Å². The Hall–Kier alpha value is -3.79. The number of benzene rings is 2. The largest absolute Gasteiger partial charge is 0.497 e. The second kappa shape index (κ2) is 10.5. The zero-order chi connectivity index (χ0) is 27.0. The van der Waals surface area contributed by atoms with E-state index in [9.17, 15) is 19.2 Å². The number of β-lactam (4-membered cyclic amide) rings is 1. The van der Waals surface area contributed by atoms with E-state index in [-0.39, 0.29) is 47.3 Å². The number of fused-ring (bicyclic) bond motifs is 2. The van der Waals surface area contributed by atoms with Crippen LogP contribution in [-0.2, 0) is 35.3 Å². The molecule has 2 amide bonds. The quantitative estimate of drug-likeness (QED) is 0.405. The van der Waals surface area contributed by atoms with Crippen LogP contribution in [0.25, 0.3) is 0 Å². The normalized spacial score (nSPS) is 25.3.